The smallest absolute Gasteiger partial charge is 0.268 e. The first-order chi connectivity index (χ1) is 15.5. The Morgan fingerprint density at radius 2 is 1.78 bits per heavy atom. The summed E-state index contributed by atoms with van der Waals surface area (Å²) >= 11 is 0. The zero-order valence-corrected chi connectivity index (χ0v) is 19.4. The Morgan fingerprint density at radius 1 is 1.00 bits per heavy atom. The van der Waals surface area contributed by atoms with E-state index in [-0.39, 0.29) is 6.10 Å². The van der Waals surface area contributed by atoms with E-state index in [1.54, 1.807) is 25.4 Å². The van der Waals surface area contributed by atoms with Gasteiger partial charge in [-0.25, -0.2) is 12.4 Å². The number of ether oxygens (including phenoxy) is 1. The lowest BCUT2D eigenvalue weighted by molar-refractivity contribution is 0.121. The largest absolute Gasteiger partial charge is 0.380 e. The number of nitrogens with zero attached hydrogens (tertiary/aromatic N) is 3. The minimum absolute atomic E-state index is 0.190. The molecule has 3 aromatic rings. The van der Waals surface area contributed by atoms with Crippen molar-refractivity contribution in [3.63, 3.8) is 0 Å². The quantitative estimate of drug-likeness (QED) is 0.640. The van der Waals surface area contributed by atoms with Gasteiger partial charge in [-0.2, -0.15) is 0 Å². The number of fused-ring (bicyclic) bond motifs is 1. The van der Waals surface area contributed by atoms with Crippen LogP contribution in [0.5, 0.6) is 0 Å². The average molecular weight is 455 g/mol. The van der Waals surface area contributed by atoms with Crippen LogP contribution in [-0.2, 0) is 14.8 Å². The average Bonchev–Trinajstić information content (AvgIpc) is 3.45. The first-order valence-electron chi connectivity index (χ1n) is 11.2. The number of benzene rings is 2. The molecule has 0 bridgehead atoms. The molecule has 32 heavy (non-hydrogen) atoms. The first-order valence-corrected chi connectivity index (χ1v) is 12.6. The molecule has 8 heteroatoms. The minimum Gasteiger partial charge on any atom is -0.380 e. The SMILES string of the molecule is COC1CCN(c2cccc(S(=O)(=O)n3cc(C)c4ccc(N5CCNCC5)cc43)c2)C1. The van der Waals surface area contributed by atoms with Gasteiger partial charge < -0.3 is 19.9 Å². The molecule has 2 saturated heterocycles. The van der Waals surface area contributed by atoms with Crippen molar-refractivity contribution in [2.24, 2.45) is 0 Å². The maximum atomic E-state index is 13.7. The summed E-state index contributed by atoms with van der Waals surface area (Å²) in [7, 11) is -2.01. The highest BCUT2D eigenvalue weighted by Gasteiger charge is 2.25. The highest BCUT2D eigenvalue weighted by molar-refractivity contribution is 7.90. The lowest BCUT2D eigenvalue weighted by atomic mass is 10.1. The molecule has 2 aromatic carbocycles. The Bertz CT molecular complexity index is 1230. The van der Waals surface area contributed by atoms with Crippen LogP contribution >= 0.6 is 0 Å². The van der Waals surface area contributed by atoms with Gasteiger partial charge in [-0.05, 0) is 49.2 Å². The van der Waals surface area contributed by atoms with E-state index in [4.69, 9.17) is 4.74 Å². The third-order valence-electron chi connectivity index (χ3n) is 6.65. The van der Waals surface area contributed by atoms with Gasteiger partial charge in [-0.15, -0.1) is 0 Å². The number of aromatic nitrogens is 1. The van der Waals surface area contributed by atoms with Crippen LogP contribution in [0, 0.1) is 6.92 Å². The summed E-state index contributed by atoms with van der Waals surface area (Å²) < 4.78 is 34.4. The van der Waals surface area contributed by atoms with E-state index in [1.807, 2.05) is 31.2 Å². The Kier molecular flexibility index (Phi) is 5.61. The number of methoxy groups -OCH3 is 1. The van der Waals surface area contributed by atoms with Gasteiger partial charge in [0.25, 0.3) is 10.0 Å². The fraction of sp³-hybridized carbons (Fsp3) is 0.417. The van der Waals surface area contributed by atoms with Crippen LogP contribution in [0.15, 0.2) is 53.6 Å². The summed E-state index contributed by atoms with van der Waals surface area (Å²) in [6.07, 6.45) is 2.88. The van der Waals surface area contributed by atoms with E-state index < -0.39 is 10.0 Å². The molecule has 1 atom stereocenters. The van der Waals surface area contributed by atoms with Gasteiger partial charge >= 0.3 is 0 Å². The molecule has 7 nitrogen and oxygen atoms in total. The van der Waals surface area contributed by atoms with Crippen LogP contribution < -0.4 is 15.1 Å². The molecule has 2 fully saturated rings. The summed E-state index contributed by atoms with van der Waals surface area (Å²) in [5.41, 5.74) is 3.66. The second-order valence-electron chi connectivity index (χ2n) is 8.64. The van der Waals surface area contributed by atoms with Crippen LogP contribution in [0.25, 0.3) is 10.9 Å². The highest BCUT2D eigenvalue weighted by Crippen LogP contribution is 2.31. The topological polar surface area (TPSA) is 66.8 Å². The van der Waals surface area contributed by atoms with Crippen LogP contribution in [0.4, 0.5) is 11.4 Å². The van der Waals surface area contributed by atoms with Crippen molar-refractivity contribution in [1.82, 2.24) is 9.29 Å². The summed E-state index contributed by atoms with van der Waals surface area (Å²) in [4.78, 5) is 4.80. The molecule has 2 aliphatic rings. The zero-order valence-electron chi connectivity index (χ0n) is 18.6. The number of rotatable bonds is 5. The third-order valence-corrected chi connectivity index (χ3v) is 8.32. The lowest BCUT2D eigenvalue weighted by Gasteiger charge is -2.29. The van der Waals surface area contributed by atoms with Gasteiger partial charge in [0.15, 0.2) is 0 Å². The zero-order chi connectivity index (χ0) is 22.3. The molecule has 0 radical (unpaired) electrons. The molecule has 1 unspecified atom stereocenters. The number of anilines is 2. The fourth-order valence-corrected chi connectivity index (χ4v) is 6.23. The Labute approximate surface area is 189 Å². The third kappa shape index (κ3) is 3.76. The van der Waals surface area contributed by atoms with Crippen molar-refractivity contribution in [3.05, 3.63) is 54.2 Å². The van der Waals surface area contributed by atoms with Crippen molar-refractivity contribution >= 4 is 32.3 Å². The normalized spacial score (nSPS) is 19.8. The van der Waals surface area contributed by atoms with Crippen LogP contribution in [0.3, 0.4) is 0 Å². The van der Waals surface area contributed by atoms with Gasteiger partial charge in [-0.3, -0.25) is 0 Å². The first kappa shape index (κ1) is 21.3. The number of hydrogen-bond donors (Lipinski definition) is 1. The second kappa shape index (κ2) is 8.42. The molecule has 1 N–H and O–H groups in total. The van der Waals surface area contributed by atoms with Crippen LogP contribution in [0.2, 0.25) is 0 Å². The Balaban J connectivity index is 1.53. The molecular weight excluding hydrogens is 424 g/mol. The molecule has 5 rings (SSSR count). The maximum absolute atomic E-state index is 13.7. The number of aryl methyl sites for hydroxylation is 1. The van der Waals surface area contributed by atoms with E-state index in [2.05, 4.69) is 21.2 Å². The van der Waals surface area contributed by atoms with Crippen molar-refractivity contribution < 1.29 is 13.2 Å². The number of nitrogens with one attached hydrogen (secondary N) is 1. The highest BCUT2D eigenvalue weighted by atomic mass is 32.2. The summed E-state index contributed by atoms with van der Waals surface area (Å²) in [6.45, 7) is 7.30. The van der Waals surface area contributed by atoms with Crippen molar-refractivity contribution in [2.75, 3.05) is 56.2 Å². The van der Waals surface area contributed by atoms with Gasteiger partial charge in [0, 0.05) is 69.3 Å². The van der Waals surface area contributed by atoms with Crippen molar-refractivity contribution in [1.29, 1.82) is 0 Å². The van der Waals surface area contributed by atoms with E-state index in [0.29, 0.717) is 4.90 Å². The summed E-state index contributed by atoms with van der Waals surface area (Å²) in [6, 6.07) is 13.4. The van der Waals surface area contributed by atoms with E-state index in [0.717, 1.165) is 73.5 Å². The summed E-state index contributed by atoms with van der Waals surface area (Å²) in [5, 5.41) is 4.33. The Hall–Kier alpha value is -2.55. The molecule has 0 spiro atoms. The van der Waals surface area contributed by atoms with Gasteiger partial charge in [0.05, 0.1) is 16.5 Å². The van der Waals surface area contributed by atoms with Gasteiger partial charge in [0.1, 0.15) is 0 Å². The second-order valence-corrected chi connectivity index (χ2v) is 10.5. The summed E-state index contributed by atoms with van der Waals surface area (Å²) in [5.74, 6) is 0. The number of hydrogen-bond acceptors (Lipinski definition) is 6. The molecule has 1 aromatic heterocycles. The molecule has 2 aliphatic heterocycles. The molecular formula is C24H30N4O3S. The predicted octanol–water partition coefficient (Wildman–Crippen LogP) is 2.82. The predicted molar refractivity (Wildman–Crippen MR) is 128 cm³/mol. The van der Waals surface area contributed by atoms with Gasteiger partial charge in [0.2, 0.25) is 0 Å². The lowest BCUT2D eigenvalue weighted by Crippen LogP contribution is -2.43. The minimum atomic E-state index is -3.74. The molecule has 0 saturated carbocycles. The van der Waals surface area contributed by atoms with E-state index in [1.165, 1.54) is 3.97 Å². The van der Waals surface area contributed by atoms with Gasteiger partial charge in [-0.1, -0.05) is 12.1 Å². The van der Waals surface area contributed by atoms with Crippen molar-refractivity contribution in [2.45, 2.75) is 24.3 Å². The van der Waals surface area contributed by atoms with E-state index in [9.17, 15) is 8.42 Å². The van der Waals surface area contributed by atoms with Crippen LogP contribution in [-0.4, -0.2) is 64.9 Å². The maximum Gasteiger partial charge on any atom is 0.268 e. The standard InChI is InChI=1S/C24H30N4O3S/c1-18-16-28(24-15-20(6-7-23(18)24)26-12-9-25-10-13-26)32(29,30)22-5-3-4-19(14-22)27-11-8-21(17-27)31-2/h3-7,14-16,21,25H,8-13,17H2,1-2H3. The van der Waals surface area contributed by atoms with Crippen molar-refractivity contribution in [3.8, 4) is 0 Å². The monoisotopic (exact) mass is 454 g/mol. The molecule has 3 heterocycles. The molecule has 170 valence electrons. The van der Waals surface area contributed by atoms with E-state index >= 15 is 0 Å². The van der Waals surface area contributed by atoms with Crippen LogP contribution in [0.1, 0.15) is 12.0 Å². The fourth-order valence-electron chi connectivity index (χ4n) is 4.78. The number of piperazine rings is 1. The molecule has 0 amide bonds. The Morgan fingerprint density at radius 3 is 2.53 bits per heavy atom. The molecule has 0 aliphatic carbocycles.